The molecule has 2 aromatic heterocycles. The van der Waals surface area contributed by atoms with Crippen molar-refractivity contribution in [1.82, 2.24) is 9.97 Å². The van der Waals surface area contributed by atoms with E-state index in [0.29, 0.717) is 28.5 Å². The van der Waals surface area contributed by atoms with E-state index in [-0.39, 0.29) is 12.5 Å². The Morgan fingerprint density at radius 2 is 1.93 bits per heavy atom. The van der Waals surface area contributed by atoms with Crippen molar-refractivity contribution >= 4 is 22.7 Å². The number of oxazole rings is 1. The van der Waals surface area contributed by atoms with Gasteiger partial charge in [-0.05, 0) is 37.3 Å². The first-order valence-corrected chi connectivity index (χ1v) is 8.48. The summed E-state index contributed by atoms with van der Waals surface area (Å²) < 4.78 is 11.2. The van der Waals surface area contributed by atoms with E-state index in [1.807, 2.05) is 55.5 Å². The average Bonchev–Trinajstić information content (AvgIpc) is 3.12. The van der Waals surface area contributed by atoms with E-state index in [1.54, 1.807) is 18.5 Å². The second-order valence-corrected chi connectivity index (χ2v) is 6.10. The van der Waals surface area contributed by atoms with Crippen molar-refractivity contribution in [2.45, 2.75) is 6.92 Å². The van der Waals surface area contributed by atoms with Crippen LogP contribution in [0.15, 0.2) is 71.4 Å². The Labute approximate surface area is 155 Å². The van der Waals surface area contributed by atoms with Gasteiger partial charge in [-0.2, -0.15) is 0 Å². The van der Waals surface area contributed by atoms with Gasteiger partial charge in [-0.15, -0.1) is 0 Å². The van der Waals surface area contributed by atoms with Crippen molar-refractivity contribution in [3.8, 4) is 17.2 Å². The van der Waals surface area contributed by atoms with Gasteiger partial charge in [-0.1, -0.05) is 29.8 Å². The van der Waals surface area contributed by atoms with Crippen LogP contribution >= 0.6 is 0 Å². The standard InChI is InChI=1S/C21H17N3O3/c1-14-6-8-17(9-7-14)26-13-20(25)23-16-10-15(11-22-12-16)21-24-18-4-2-3-5-19(18)27-21/h2-12H,13H2,1H3,(H,23,25). The Bertz CT molecular complexity index is 1050. The molecule has 6 nitrogen and oxygen atoms in total. The van der Waals surface area contributed by atoms with Crippen LogP contribution in [0.1, 0.15) is 5.56 Å². The van der Waals surface area contributed by atoms with Gasteiger partial charge in [-0.3, -0.25) is 9.78 Å². The van der Waals surface area contributed by atoms with E-state index in [4.69, 9.17) is 9.15 Å². The number of pyridine rings is 1. The molecule has 1 N–H and O–H groups in total. The van der Waals surface area contributed by atoms with Crippen LogP contribution in [0.3, 0.4) is 0 Å². The number of ether oxygens (including phenoxy) is 1. The second kappa shape index (κ2) is 7.29. The summed E-state index contributed by atoms with van der Waals surface area (Å²) in [7, 11) is 0. The van der Waals surface area contributed by atoms with Crippen LogP contribution < -0.4 is 10.1 Å². The number of nitrogens with zero attached hydrogens (tertiary/aromatic N) is 2. The largest absolute Gasteiger partial charge is 0.484 e. The maximum Gasteiger partial charge on any atom is 0.262 e. The number of aryl methyl sites for hydroxylation is 1. The molecule has 0 saturated heterocycles. The molecular weight excluding hydrogens is 342 g/mol. The summed E-state index contributed by atoms with van der Waals surface area (Å²) in [4.78, 5) is 20.7. The maximum absolute atomic E-state index is 12.1. The van der Waals surface area contributed by atoms with Crippen molar-refractivity contribution in [1.29, 1.82) is 0 Å². The third kappa shape index (κ3) is 3.95. The number of carbonyl (C=O) groups is 1. The first-order valence-electron chi connectivity index (χ1n) is 8.48. The lowest BCUT2D eigenvalue weighted by molar-refractivity contribution is -0.118. The molecule has 2 heterocycles. The zero-order valence-corrected chi connectivity index (χ0v) is 14.7. The molecule has 0 aliphatic carbocycles. The summed E-state index contributed by atoms with van der Waals surface area (Å²) in [5.41, 5.74) is 3.84. The highest BCUT2D eigenvalue weighted by atomic mass is 16.5. The van der Waals surface area contributed by atoms with Crippen LogP contribution in [-0.4, -0.2) is 22.5 Å². The maximum atomic E-state index is 12.1. The van der Waals surface area contributed by atoms with Crippen molar-refractivity contribution in [3.63, 3.8) is 0 Å². The minimum absolute atomic E-state index is 0.0871. The molecule has 6 heteroatoms. The van der Waals surface area contributed by atoms with Crippen LogP contribution in [0, 0.1) is 6.92 Å². The van der Waals surface area contributed by atoms with Gasteiger partial charge in [0.1, 0.15) is 11.3 Å². The Morgan fingerprint density at radius 3 is 2.74 bits per heavy atom. The zero-order valence-electron chi connectivity index (χ0n) is 14.7. The van der Waals surface area contributed by atoms with Gasteiger partial charge < -0.3 is 14.5 Å². The molecule has 134 valence electrons. The molecule has 0 fully saturated rings. The van der Waals surface area contributed by atoms with Gasteiger partial charge in [-0.25, -0.2) is 4.98 Å². The molecule has 0 radical (unpaired) electrons. The van der Waals surface area contributed by atoms with E-state index in [1.165, 1.54) is 0 Å². The number of hydrogen-bond acceptors (Lipinski definition) is 5. The molecule has 0 aliphatic heterocycles. The number of fused-ring (bicyclic) bond motifs is 1. The molecular formula is C21H17N3O3. The highest BCUT2D eigenvalue weighted by Gasteiger charge is 2.10. The topological polar surface area (TPSA) is 77.2 Å². The fraction of sp³-hybridized carbons (Fsp3) is 0.0952. The molecule has 1 amide bonds. The summed E-state index contributed by atoms with van der Waals surface area (Å²) in [5.74, 6) is 0.830. The molecule has 27 heavy (non-hydrogen) atoms. The number of hydrogen-bond donors (Lipinski definition) is 1. The average molecular weight is 359 g/mol. The highest BCUT2D eigenvalue weighted by Crippen LogP contribution is 2.25. The van der Waals surface area contributed by atoms with Gasteiger partial charge in [0.15, 0.2) is 12.2 Å². The molecule has 4 rings (SSSR count). The minimum Gasteiger partial charge on any atom is -0.484 e. The summed E-state index contributed by atoms with van der Waals surface area (Å²) >= 11 is 0. The van der Waals surface area contributed by atoms with Crippen molar-refractivity contribution in [2.24, 2.45) is 0 Å². The highest BCUT2D eigenvalue weighted by molar-refractivity contribution is 5.92. The van der Waals surface area contributed by atoms with E-state index in [9.17, 15) is 4.79 Å². The Kier molecular flexibility index (Phi) is 4.53. The number of nitrogens with one attached hydrogen (secondary N) is 1. The molecule has 0 aliphatic rings. The normalized spacial score (nSPS) is 10.7. The van der Waals surface area contributed by atoms with Gasteiger partial charge in [0, 0.05) is 6.20 Å². The van der Waals surface area contributed by atoms with Crippen molar-refractivity contribution < 1.29 is 13.9 Å². The fourth-order valence-electron chi connectivity index (χ4n) is 2.60. The monoisotopic (exact) mass is 359 g/mol. The SMILES string of the molecule is Cc1ccc(OCC(=O)Nc2cncc(-c3nc4ccccc4o3)c2)cc1. The van der Waals surface area contributed by atoms with E-state index in [0.717, 1.165) is 11.1 Å². The van der Waals surface area contributed by atoms with Crippen LogP contribution in [0.2, 0.25) is 0 Å². The minimum atomic E-state index is -0.271. The van der Waals surface area contributed by atoms with Crippen LogP contribution in [0.4, 0.5) is 5.69 Å². The first-order chi connectivity index (χ1) is 13.2. The van der Waals surface area contributed by atoms with Crippen LogP contribution in [0.5, 0.6) is 5.75 Å². The first kappa shape index (κ1) is 16.8. The van der Waals surface area contributed by atoms with Gasteiger partial charge in [0.2, 0.25) is 5.89 Å². The van der Waals surface area contributed by atoms with Crippen LogP contribution in [0.25, 0.3) is 22.6 Å². The zero-order chi connectivity index (χ0) is 18.6. The van der Waals surface area contributed by atoms with Crippen molar-refractivity contribution in [2.75, 3.05) is 11.9 Å². The summed E-state index contributed by atoms with van der Waals surface area (Å²) in [6.45, 7) is 1.91. The molecule has 4 aromatic rings. The Hall–Kier alpha value is -3.67. The van der Waals surface area contributed by atoms with Gasteiger partial charge in [0.25, 0.3) is 5.91 Å². The van der Waals surface area contributed by atoms with Gasteiger partial charge in [0.05, 0.1) is 17.4 Å². The third-order valence-electron chi connectivity index (χ3n) is 3.95. The van der Waals surface area contributed by atoms with E-state index < -0.39 is 0 Å². The lowest BCUT2D eigenvalue weighted by atomic mass is 10.2. The smallest absolute Gasteiger partial charge is 0.262 e. The van der Waals surface area contributed by atoms with E-state index >= 15 is 0 Å². The lowest BCUT2D eigenvalue weighted by Gasteiger charge is -2.08. The summed E-state index contributed by atoms with van der Waals surface area (Å²) in [5, 5.41) is 2.77. The molecule has 0 spiro atoms. The molecule has 2 aromatic carbocycles. The lowest BCUT2D eigenvalue weighted by Crippen LogP contribution is -2.20. The molecule has 0 atom stereocenters. The second-order valence-electron chi connectivity index (χ2n) is 6.10. The third-order valence-corrected chi connectivity index (χ3v) is 3.95. The molecule has 0 bridgehead atoms. The Balaban J connectivity index is 1.44. The predicted molar refractivity (Wildman–Crippen MR) is 103 cm³/mol. The quantitative estimate of drug-likeness (QED) is 0.577. The summed E-state index contributed by atoms with van der Waals surface area (Å²) in [6.07, 6.45) is 3.21. The predicted octanol–water partition coefficient (Wildman–Crippen LogP) is 4.22. The number of carbonyl (C=O) groups excluding carboxylic acids is 1. The van der Waals surface area contributed by atoms with Gasteiger partial charge >= 0.3 is 0 Å². The molecule has 0 saturated carbocycles. The van der Waals surface area contributed by atoms with Crippen LogP contribution in [-0.2, 0) is 4.79 Å². The number of rotatable bonds is 5. The number of benzene rings is 2. The number of aromatic nitrogens is 2. The van der Waals surface area contributed by atoms with Crippen molar-refractivity contribution in [3.05, 3.63) is 72.6 Å². The number of para-hydroxylation sites is 2. The number of anilines is 1. The fourth-order valence-corrected chi connectivity index (χ4v) is 2.60. The van der Waals surface area contributed by atoms with E-state index in [2.05, 4.69) is 15.3 Å². The number of amides is 1. The Morgan fingerprint density at radius 1 is 1.11 bits per heavy atom. The summed E-state index contributed by atoms with van der Waals surface area (Å²) in [6, 6.07) is 16.8. The molecule has 0 unspecified atom stereocenters.